The van der Waals surface area contributed by atoms with Gasteiger partial charge in [-0.1, -0.05) is 6.92 Å². The van der Waals surface area contributed by atoms with Crippen molar-refractivity contribution in [1.29, 1.82) is 0 Å². The van der Waals surface area contributed by atoms with E-state index in [4.69, 9.17) is 4.74 Å². The topological polar surface area (TPSA) is 71.8 Å². The summed E-state index contributed by atoms with van der Waals surface area (Å²) in [6.45, 7) is 6.10. The van der Waals surface area contributed by atoms with Crippen molar-refractivity contribution in [2.24, 2.45) is 5.92 Å². The molecule has 6 nitrogen and oxygen atoms in total. The predicted octanol–water partition coefficient (Wildman–Crippen LogP) is 0.357. The minimum Gasteiger partial charge on any atom is -0.508 e. The summed E-state index contributed by atoms with van der Waals surface area (Å²) in [6.07, 6.45) is 0. The highest BCUT2D eigenvalue weighted by molar-refractivity contribution is 5.76. The van der Waals surface area contributed by atoms with Crippen molar-refractivity contribution in [2.45, 2.75) is 20.4 Å². The highest BCUT2D eigenvalue weighted by Gasteiger charge is 2.20. The maximum Gasteiger partial charge on any atom is 0.254 e. The second-order valence-corrected chi connectivity index (χ2v) is 5.30. The molecule has 0 spiro atoms. The first-order valence-electron chi connectivity index (χ1n) is 6.73. The van der Waals surface area contributed by atoms with E-state index in [1.54, 1.807) is 11.8 Å². The molecule has 0 aliphatic carbocycles. The van der Waals surface area contributed by atoms with Gasteiger partial charge >= 0.3 is 0 Å². The second-order valence-electron chi connectivity index (χ2n) is 5.30. The van der Waals surface area contributed by atoms with Gasteiger partial charge in [0.2, 0.25) is 5.91 Å². The molecule has 1 aliphatic heterocycles. The van der Waals surface area contributed by atoms with Gasteiger partial charge < -0.3 is 19.3 Å². The Kier molecular flexibility index (Phi) is 4.44. The van der Waals surface area contributed by atoms with Crippen LogP contribution < -0.4 is 5.56 Å². The van der Waals surface area contributed by atoms with Crippen LogP contribution in [0.3, 0.4) is 0 Å². The highest BCUT2D eigenvalue weighted by Crippen LogP contribution is 2.09. The lowest BCUT2D eigenvalue weighted by Gasteiger charge is -2.22. The van der Waals surface area contributed by atoms with Crippen LogP contribution in [0.25, 0.3) is 0 Å². The molecule has 1 aromatic rings. The number of rotatable bonds is 2. The summed E-state index contributed by atoms with van der Waals surface area (Å²) in [5, 5.41) is 9.35. The highest BCUT2D eigenvalue weighted by atomic mass is 16.5. The molecule has 1 aromatic heterocycles. The number of pyridine rings is 1. The maximum absolute atomic E-state index is 12.3. The van der Waals surface area contributed by atoms with Gasteiger partial charge in [-0.2, -0.15) is 0 Å². The van der Waals surface area contributed by atoms with Gasteiger partial charge in [0.25, 0.3) is 5.56 Å². The Morgan fingerprint density at radius 3 is 2.95 bits per heavy atom. The van der Waals surface area contributed by atoms with Crippen LogP contribution in [0.15, 0.2) is 16.9 Å². The van der Waals surface area contributed by atoms with Crippen molar-refractivity contribution in [3.05, 3.63) is 28.2 Å². The number of nitrogens with zero attached hydrogens (tertiary/aromatic N) is 2. The molecule has 1 fully saturated rings. The Labute approximate surface area is 117 Å². The van der Waals surface area contributed by atoms with Crippen molar-refractivity contribution in [2.75, 3.05) is 26.3 Å². The van der Waals surface area contributed by atoms with Crippen molar-refractivity contribution in [1.82, 2.24) is 9.47 Å². The first-order chi connectivity index (χ1) is 9.47. The largest absolute Gasteiger partial charge is 0.508 e. The lowest BCUT2D eigenvalue weighted by Crippen LogP contribution is -2.39. The third-order valence-electron chi connectivity index (χ3n) is 3.41. The number of hydrogen-bond acceptors (Lipinski definition) is 4. The molecule has 2 rings (SSSR count). The van der Waals surface area contributed by atoms with E-state index in [9.17, 15) is 14.7 Å². The molecule has 1 unspecified atom stereocenters. The number of aryl methyl sites for hydroxylation is 1. The summed E-state index contributed by atoms with van der Waals surface area (Å²) in [5.41, 5.74) is 0.206. The Morgan fingerprint density at radius 2 is 2.25 bits per heavy atom. The number of aromatic hydroxyl groups is 1. The van der Waals surface area contributed by atoms with Crippen molar-refractivity contribution >= 4 is 5.91 Å². The van der Waals surface area contributed by atoms with Crippen LogP contribution in [-0.4, -0.2) is 46.8 Å². The molecule has 20 heavy (non-hydrogen) atoms. The van der Waals surface area contributed by atoms with Gasteiger partial charge in [-0.25, -0.2) is 0 Å². The summed E-state index contributed by atoms with van der Waals surface area (Å²) in [7, 11) is 0. The number of ether oxygens (including phenoxy) is 1. The molecule has 6 heteroatoms. The first-order valence-corrected chi connectivity index (χ1v) is 6.73. The van der Waals surface area contributed by atoms with Gasteiger partial charge in [0.1, 0.15) is 12.3 Å². The van der Waals surface area contributed by atoms with Gasteiger partial charge in [-0.15, -0.1) is 0 Å². The quantitative estimate of drug-likeness (QED) is 0.849. The normalized spacial score (nSPS) is 19.7. The standard InChI is InChI=1S/C14H20N2O4/c1-10-7-15(3-4-20-9-10)14(19)8-16-11(2)5-12(17)6-13(16)18/h5-6,10,17H,3-4,7-9H2,1-2H3. The van der Waals surface area contributed by atoms with E-state index in [-0.39, 0.29) is 23.8 Å². The smallest absolute Gasteiger partial charge is 0.254 e. The SMILES string of the molecule is Cc1cc(O)cc(=O)n1CC(=O)N1CCOCC(C)C1. The first kappa shape index (κ1) is 14.6. The third kappa shape index (κ3) is 3.39. The number of carbonyl (C=O) groups is 1. The molecule has 1 amide bonds. The van der Waals surface area contributed by atoms with Crippen LogP contribution in [0.1, 0.15) is 12.6 Å². The van der Waals surface area contributed by atoms with E-state index in [1.165, 1.54) is 10.6 Å². The molecular formula is C14H20N2O4. The second kappa shape index (κ2) is 6.09. The van der Waals surface area contributed by atoms with Gasteiger partial charge in [-0.05, 0) is 18.9 Å². The number of hydrogen-bond donors (Lipinski definition) is 1. The van der Waals surface area contributed by atoms with E-state index >= 15 is 0 Å². The summed E-state index contributed by atoms with van der Waals surface area (Å²) < 4.78 is 6.78. The molecule has 1 N–H and O–H groups in total. The molecule has 0 radical (unpaired) electrons. The van der Waals surface area contributed by atoms with E-state index < -0.39 is 0 Å². The Morgan fingerprint density at radius 1 is 1.50 bits per heavy atom. The predicted molar refractivity (Wildman–Crippen MR) is 73.7 cm³/mol. The van der Waals surface area contributed by atoms with Crippen molar-refractivity contribution in [3.8, 4) is 5.75 Å². The average molecular weight is 280 g/mol. The zero-order valence-corrected chi connectivity index (χ0v) is 11.8. The van der Waals surface area contributed by atoms with Crippen LogP contribution in [0.4, 0.5) is 0 Å². The van der Waals surface area contributed by atoms with Crippen LogP contribution in [0.5, 0.6) is 5.75 Å². The van der Waals surface area contributed by atoms with Crippen LogP contribution in [0, 0.1) is 12.8 Å². The van der Waals surface area contributed by atoms with E-state index in [1.807, 2.05) is 6.92 Å². The third-order valence-corrected chi connectivity index (χ3v) is 3.41. The Hall–Kier alpha value is -1.82. The lowest BCUT2D eigenvalue weighted by atomic mass is 10.2. The Balaban J connectivity index is 2.13. The van der Waals surface area contributed by atoms with Gasteiger partial charge in [0.15, 0.2) is 0 Å². The zero-order chi connectivity index (χ0) is 14.7. The van der Waals surface area contributed by atoms with E-state index in [0.717, 1.165) is 6.07 Å². The molecule has 1 atom stereocenters. The fourth-order valence-corrected chi connectivity index (χ4v) is 2.36. The van der Waals surface area contributed by atoms with Crippen molar-refractivity contribution < 1.29 is 14.6 Å². The molecule has 0 saturated carbocycles. The molecule has 2 heterocycles. The lowest BCUT2D eigenvalue weighted by molar-refractivity contribution is -0.132. The molecular weight excluding hydrogens is 260 g/mol. The zero-order valence-electron chi connectivity index (χ0n) is 11.8. The van der Waals surface area contributed by atoms with Crippen LogP contribution in [-0.2, 0) is 16.1 Å². The molecule has 0 bridgehead atoms. The summed E-state index contributed by atoms with van der Waals surface area (Å²) in [5.74, 6) is 0.116. The molecule has 110 valence electrons. The average Bonchev–Trinajstić information content (AvgIpc) is 2.58. The van der Waals surface area contributed by atoms with Gasteiger partial charge in [0.05, 0.1) is 13.2 Å². The maximum atomic E-state index is 12.3. The van der Waals surface area contributed by atoms with E-state index in [2.05, 4.69) is 0 Å². The van der Waals surface area contributed by atoms with E-state index in [0.29, 0.717) is 37.9 Å². The number of carbonyl (C=O) groups excluding carboxylic acids is 1. The Bertz CT molecular complexity index is 553. The number of aromatic nitrogens is 1. The molecule has 1 saturated heterocycles. The summed E-state index contributed by atoms with van der Waals surface area (Å²) in [4.78, 5) is 25.9. The molecule has 1 aliphatic rings. The minimum absolute atomic E-state index is 0.00231. The van der Waals surface area contributed by atoms with Crippen LogP contribution in [0.2, 0.25) is 0 Å². The fourth-order valence-electron chi connectivity index (χ4n) is 2.36. The summed E-state index contributed by atoms with van der Waals surface area (Å²) >= 11 is 0. The fraction of sp³-hybridized carbons (Fsp3) is 0.571. The van der Waals surface area contributed by atoms with Gasteiger partial charge in [-0.3, -0.25) is 9.59 Å². The number of amides is 1. The van der Waals surface area contributed by atoms with Crippen molar-refractivity contribution in [3.63, 3.8) is 0 Å². The van der Waals surface area contributed by atoms with Gasteiger partial charge in [0, 0.05) is 24.8 Å². The molecule has 0 aromatic carbocycles. The summed E-state index contributed by atoms with van der Waals surface area (Å²) in [6, 6.07) is 2.59. The minimum atomic E-state index is -0.366. The monoisotopic (exact) mass is 280 g/mol. The van der Waals surface area contributed by atoms with Crippen LogP contribution >= 0.6 is 0 Å².